The second kappa shape index (κ2) is 6.18. The van der Waals surface area contributed by atoms with E-state index in [1.165, 1.54) is 0 Å². The summed E-state index contributed by atoms with van der Waals surface area (Å²) < 4.78 is 10.3. The van der Waals surface area contributed by atoms with Crippen LogP contribution in [0.15, 0.2) is 45.6 Å². The molecule has 1 aromatic carbocycles. The summed E-state index contributed by atoms with van der Waals surface area (Å²) in [7, 11) is 0. The number of carbonyl (C=O) groups excluding carboxylic acids is 1. The van der Waals surface area contributed by atoms with Gasteiger partial charge >= 0.3 is 11.6 Å². The van der Waals surface area contributed by atoms with Gasteiger partial charge in [-0.2, -0.15) is 0 Å². The molecule has 2 aromatic rings. The molecule has 0 bridgehead atoms. The molecule has 4 heteroatoms. The minimum atomic E-state index is -0.662. The standard InChI is InChI=1S/C18H20O4/c1-5-21-16(19)15-13(12-9-7-6-8-10-12)11-14(18(2,3)4)22-17(15)20/h6-11H,5H2,1-4H3. The maximum Gasteiger partial charge on any atom is 0.351 e. The fourth-order valence-corrected chi connectivity index (χ4v) is 2.11. The number of rotatable bonds is 3. The summed E-state index contributed by atoms with van der Waals surface area (Å²) in [5.41, 5.74) is 0.269. The molecule has 4 nitrogen and oxygen atoms in total. The molecule has 0 aliphatic carbocycles. The molecular formula is C18H20O4. The van der Waals surface area contributed by atoms with Gasteiger partial charge in [-0.1, -0.05) is 51.1 Å². The van der Waals surface area contributed by atoms with E-state index in [2.05, 4.69) is 0 Å². The van der Waals surface area contributed by atoms with Gasteiger partial charge in [0.25, 0.3) is 0 Å². The topological polar surface area (TPSA) is 56.5 Å². The zero-order valence-corrected chi connectivity index (χ0v) is 13.3. The molecule has 0 radical (unpaired) electrons. The number of hydrogen-bond donors (Lipinski definition) is 0. The summed E-state index contributed by atoms with van der Waals surface area (Å²) in [5.74, 6) is -0.125. The van der Waals surface area contributed by atoms with Crippen LogP contribution in [-0.2, 0) is 10.2 Å². The highest BCUT2D eigenvalue weighted by Crippen LogP contribution is 2.28. The van der Waals surface area contributed by atoms with Crippen LogP contribution in [0, 0.1) is 0 Å². The molecule has 0 aliphatic rings. The molecule has 2 rings (SSSR count). The van der Waals surface area contributed by atoms with E-state index in [1.807, 2.05) is 51.1 Å². The summed E-state index contributed by atoms with van der Waals surface area (Å²) in [4.78, 5) is 24.5. The van der Waals surface area contributed by atoms with E-state index < -0.39 is 11.6 Å². The summed E-state index contributed by atoms with van der Waals surface area (Å²) in [6.45, 7) is 7.75. The highest BCUT2D eigenvalue weighted by Gasteiger charge is 2.25. The third kappa shape index (κ3) is 3.27. The Morgan fingerprint density at radius 1 is 1.18 bits per heavy atom. The zero-order valence-electron chi connectivity index (χ0n) is 13.3. The second-order valence-corrected chi connectivity index (χ2v) is 6.02. The Morgan fingerprint density at radius 2 is 1.82 bits per heavy atom. The first-order chi connectivity index (χ1) is 10.3. The van der Waals surface area contributed by atoms with Crippen LogP contribution in [0.4, 0.5) is 0 Å². The van der Waals surface area contributed by atoms with Gasteiger partial charge in [0.05, 0.1) is 6.61 Å². The van der Waals surface area contributed by atoms with Crippen LogP contribution in [0.5, 0.6) is 0 Å². The van der Waals surface area contributed by atoms with Crippen molar-refractivity contribution in [3.05, 3.63) is 58.1 Å². The maximum atomic E-state index is 12.3. The lowest BCUT2D eigenvalue weighted by atomic mass is 9.90. The zero-order chi connectivity index (χ0) is 16.3. The van der Waals surface area contributed by atoms with Gasteiger partial charge in [0.1, 0.15) is 5.76 Å². The molecule has 0 saturated carbocycles. The lowest BCUT2D eigenvalue weighted by molar-refractivity contribution is 0.0521. The quantitative estimate of drug-likeness (QED) is 0.809. The largest absolute Gasteiger partial charge is 0.462 e. The van der Waals surface area contributed by atoms with Crippen LogP contribution in [0.25, 0.3) is 11.1 Å². The van der Waals surface area contributed by atoms with Gasteiger partial charge in [-0.3, -0.25) is 0 Å². The van der Waals surface area contributed by atoms with Crippen LogP contribution < -0.4 is 5.63 Å². The van der Waals surface area contributed by atoms with Crippen LogP contribution in [0.2, 0.25) is 0 Å². The highest BCUT2D eigenvalue weighted by molar-refractivity contribution is 5.96. The van der Waals surface area contributed by atoms with E-state index in [0.29, 0.717) is 11.3 Å². The predicted molar refractivity (Wildman–Crippen MR) is 85.1 cm³/mol. The van der Waals surface area contributed by atoms with Gasteiger partial charge < -0.3 is 9.15 Å². The smallest absolute Gasteiger partial charge is 0.351 e. The van der Waals surface area contributed by atoms with Gasteiger partial charge in [0.15, 0.2) is 5.56 Å². The average Bonchev–Trinajstić information content (AvgIpc) is 2.46. The lowest BCUT2D eigenvalue weighted by Gasteiger charge is -2.18. The van der Waals surface area contributed by atoms with Gasteiger partial charge in [0.2, 0.25) is 0 Å². The molecule has 0 spiro atoms. The summed E-state index contributed by atoms with van der Waals surface area (Å²) in [6, 6.07) is 11.0. The molecule has 0 atom stereocenters. The molecule has 0 amide bonds. The Kier molecular flexibility index (Phi) is 4.50. The lowest BCUT2D eigenvalue weighted by Crippen LogP contribution is -2.22. The van der Waals surface area contributed by atoms with Crippen molar-refractivity contribution in [2.45, 2.75) is 33.1 Å². The normalized spacial score (nSPS) is 11.3. The minimum absolute atomic E-state index is 0.0546. The first kappa shape index (κ1) is 16.0. The van der Waals surface area contributed by atoms with Gasteiger partial charge in [-0.15, -0.1) is 0 Å². The predicted octanol–water partition coefficient (Wildman–Crippen LogP) is 3.78. The number of benzene rings is 1. The van der Waals surface area contributed by atoms with E-state index >= 15 is 0 Å². The molecule has 22 heavy (non-hydrogen) atoms. The van der Waals surface area contributed by atoms with Crippen molar-refractivity contribution in [1.82, 2.24) is 0 Å². The van der Waals surface area contributed by atoms with Crippen molar-refractivity contribution in [3.63, 3.8) is 0 Å². The fourth-order valence-electron chi connectivity index (χ4n) is 2.11. The van der Waals surface area contributed by atoms with Crippen LogP contribution >= 0.6 is 0 Å². The van der Waals surface area contributed by atoms with Crippen molar-refractivity contribution in [2.24, 2.45) is 0 Å². The Bertz CT molecular complexity index is 721. The SMILES string of the molecule is CCOC(=O)c1c(-c2ccccc2)cc(C(C)(C)C)oc1=O. The molecule has 0 aliphatic heterocycles. The van der Waals surface area contributed by atoms with Crippen molar-refractivity contribution >= 4 is 5.97 Å². The van der Waals surface area contributed by atoms with Crippen molar-refractivity contribution in [2.75, 3.05) is 6.61 Å². The molecule has 1 aromatic heterocycles. The average molecular weight is 300 g/mol. The molecule has 116 valence electrons. The van der Waals surface area contributed by atoms with Gasteiger partial charge in [-0.05, 0) is 18.6 Å². The monoisotopic (exact) mass is 300 g/mol. The third-order valence-electron chi connectivity index (χ3n) is 3.26. The summed E-state index contributed by atoms with van der Waals surface area (Å²) >= 11 is 0. The number of hydrogen-bond acceptors (Lipinski definition) is 4. The third-order valence-corrected chi connectivity index (χ3v) is 3.26. The molecule has 0 unspecified atom stereocenters. The Balaban J connectivity index is 2.73. The van der Waals surface area contributed by atoms with E-state index in [1.54, 1.807) is 13.0 Å². The van der Waals surface area contributed by atoms with Crippen molar-refractivity contribution < 1.29 is 13.9 Å². The van der Waals surface area contributed by atoms with E-state index in [4.69, 9.17) is 9.15 Å². The molecule has 0 saturated heterocycles. The molecule has 0 fully saturated rings. The number of ether oxygens (including phenoxy) is 1. The highest BCUT2D eigenvalue weighted by atomic mass is 16.5. The summed E-state index contributed by atoms with van der Waals surface area (Å²) in [6.07, 6.45) is 0. The van der Waals surface area contributed by atoms with Crippen LogP contribution in [-0.4, -0.2) is 12.6 Å². The number of carbonyl (C=O) groups is 1. The summed E-state index contributed by atoms with van der Waals surface area (Å²) in [5, 5.41) is 0. The molecule has 0 N–H and O–H groups in total. The Labute approximate surface area is 129 Å². The van der Waals surface area contributed by atoms with Crippen molar-refractivity contribution in [1.29, 1.82) is 0 Å². The fraction of sp³-hybridized carbons (Fsp3) is 0.333. The number of esters is 1. The first-order valence-electron chi connectivity index (χ1n) is 7.25. The van der Waals surface area contributed by atoms with Crippen LogP contribution in [0.1, 0.15) is 43.8 Å². The molecular weight excluding hydrogens is 280 g/mol. The van der Waals surface area contributed by atoms with Gasteiger partial charge in [-0.25, -0.2) is 9.59 Å². The van der Waals surface area contributed by atoms with E-state index in [0.717, 1.165) is 5.56 Å². The van der Waals surface area contributed by atoms with Crippen molar-refractivity contribution in [3.8, 4) is 11.1 Å². The maximum absolute atomic E-state index is 12.3. The Morgan fingerprint density at radius 3 is 2.36 bits per heavy atom. The van der Waals surface area contributed by atoms with Crippen LogP contribution in [0.3, 0.4) is 0 Å². The Hall–Kier alpha value is -2.36. The van der Waals surface area contributed by atoms with E-state index in [9.17, 15) is 9.59 Å². The minimum Gasteiger partial charge on any atom is -0.462 e. The van der Waals surface area contributed by atoms with E-state index in [-0.39, 0.29) is 17.6 Å². The first-order valence-corrected chi connectivity index (χ1v) is 7.25. The second-order valence-electron chi connectivity index (χ2n) is 6.02. The molecule has 1 heterocycles. The van der Waals surface area contributed by atoms with Gasteiger partial charge in [0, 0.05) is 11.0 Å².